The zero-order chi connectivity index (χ0) is 4.99. The van der Waals surface area contributed by atoms with E-state index in [1.54, 1.807) is 6.92 Å². The first-order valence-corrected chi connectivity index (χ1v) is 2.38. The van der Waals surface area contributed by atoms with E-state index in [2.05, 4.69) is 23.8 Å². The summed E-state index contributed by atoms with van der Waals surface area (Å²) < 4.78 is 0. The first-order chi connectivity index (χ1) is 2.77. The topological polar surface area (TPSA) is 0 Å². The van der Waals surface area contributed by atoms with Gasteiger partial charge in [-0.1, -0.05) is 5.92 Å². The molecule has 0 bridgehead atoms. The van der Waals surface area contributed by atoms with Crippen molar-refractivity contribution >= 4 is 24.2 Å². The normalized spacial score (nSPS) is 11.7. The largest absolute Gasteiger partial charge is 0.109 e. The molecule has 0 rings (SSSR count). The predicted molar refractivity (Wildman–Crippen MR) is 30.7 cm³/mol. The third-order valence-electron chi connectivity index (χ3n) is 0.258. The first-order valence-electron chi connectivity index (χ1n) is 1.54. The Morgan fingerprint density at radius 3 is 2.33 bits per heavy atom. The summed E-state index contributed by atoms with van der Waals surface area (Å²) in [6.45, 7) is 1.78. The van der Waals surface area contributed by atoms with Gasteiger partial charge in [0.1, 0.15) is 0 Å². The Hall–Kier alpha value is 0.0700. The van der Waals surface area contributed by atoms with Crippen LogP contribution in [0.15, 0.2) is 0 Å². The van der Waals surface area contributed by atoms with Crippen molar-refractivity contribution in [2.45, 2.75) is 12.3 Å². The molecule has 1 radical (unpaired) electrons. The Balaban J connectivity index is 3.20. The summed E-state index contributed by atoms with van der Waals surface area (Å²) in [7, 11) is 0. The van der Waals surface area contributed by atoms with Gasteiger partial charge < -0.3 is 0 Å². The van der Waals surface area contributed by atoms with E-state index in [0.717, 1.165) is 0 Å². The Bertz CT molecular complexity index is 77.3. The number of rotatable bonds is 0. The lowest BCUT2D eigenvalue weighted by molar-refractivity contribution is 1.29. The summed E-state index contributed by atoms with van der Waals surface area (Å²) in [5.41, 5.74) is 0. The second-order valence-corrected chi connectivity index (χ2v) is 1.72. The number of alkyl halides is 1. The average molecular weight is 120 g/mol. The lowest BCUT2D eigenvalue weighted by atomic mass is 10.5. The second kappa shape index (κ2) is 3.27. The highest BCUT2D eigenvalue weighted by Crippen LogP contribution is 1.87. The molecule has 0 spiro atoms. The van der Waals surface area contributed by atoms with E-state index in [-0.39, 0.29) is 5.38 Å². The van der Waals surface area contributed by atoms with Crippen LogP contribution in [0.1, 0.15) is 6.92 Å². The van der Waals surface area contributed by atoms with Crippen molar-refractivity contribution in [2.75, 3.05) is 0 Å². The monoisotopic (exact) mass is 119 g/mol. The summed E-state index contributed by atoms with van der Waals surface area (Å²) in [4.78, 5) is 0. The van der Waals surface area contributed by atoms with E-state index in [1.807, 2.05) is 0 Å². The van der Waals surface area contributed by atoms with Gasteiger partial charge in [0.05, 0.1) is 5.38 Å². The zero-order valence-electron chi connectivity index (χ0n) is 3.36. The summed E-state index contributed by atoms with van der Waals surface area (Å²) in [6.07, 6.45) is 0. The van der Waals surface area contributed by atoms with Crippen LogP contribution in [0, 0.1) is 11.2 Å². The Labute approximate surface area is 48.3 Å². The predicted octanol–water partition coefficient (Wildman–Crippen LogP) is 1.77. The Morgan fingerprint density at radius 2 is 2.33 bits per heavy atom. The highest BCUT2D eigenvalue weighted by atomic mass is 35.5. The van der Waals surface area contributed by atoms with Crippen LogP contribution in [-0.4, -0.2) is 5.38 Å². The van der Waals surface area contributed by atoms with Gasteiger partial charge in [0.2, 0.25) is 0 Å². The molecule has 0 amide bonds. The van der Waals surface area contributed by atoms with E-state index < -0.39 is 0 Å². The van der Waals surface area contributed by atoms with Crippen molar-refractivity contribution in [3.8, 4) is 11.2 Å². The SMILES string of the molecule is CC(Cl)C#C[S]. The van der Waals surface area contributed by atoms with Gasteiger partial charge in [0.25, 0.3) is 0 Å². The van der Waals surface area contributed by atoms with Crippen LogP contribution in [0.2, 0.25) is 0 Å². The highest BCUT2D eigenvalue weighted by molar-refractivity contribution is 7.85. The molecule has 6 heavy (non-hydrogen) atoms. The zero-order valence-corrected chi connectivity index (χ0v) is 4.94. The molecule has 0 aromatic heterocycles. The maximum absolute atomic E-state index is 5.34. The maximum Gasteiger partial charge on any atom is 0.0927 e. The van der Waals surface area contributed by atoms with Gasteiger partial charge in [-0.2, -0.15) is 0 Å². The molecule has 0 heterocycles. The molecule has 0 nitrogen and oxygen atoms in total. The van der Waals surface area contributed by atoms with E-state index in [4.69, 9.17) is 11.6 Å². The molecule has 0 fully saturated rings. The molecular formula is C4H4ClS. The number of hydrogen-bond donors (Lipinski definition) is 0. The molecule has 0 saturated heterocycles. The summed E-state index contributed by atoms with van der Waals surface area (Å²) in [5.74, 6) is 2.54. The van der Waals surface area contributed by atoms with Crippen LogP contribution in [0.3, 0.4) is 0 Å². The number of halogens is 1. The summed E-state index contributed by atoms with van der Waals surface area (Å²) in [6, 6.07) is 0. The van der Waals surface area contributed by atoms with Crippen molar-refractivity contribution in [3.05, 3.63) is 0 Å². The highest BCUT2D eigenvalue weighted by Gasteiger charge is 1.80. The van der Waals surface area contributed by atoms with Gasteiger partial charge in [-0.05, 0) is 19.6 Å². The average Bonchev–Trinajstić information content (AvgIpc) is 1.35. The van der Waals surface area contributed by atoms with Crippen LogP contribution in [0.5, 0.6) is 0 Å². The van der Waals surface area contributed by atoms with Crippen LogP contribution < -0.4 is 0 Å². The van der Waals surface area contributed by atoms with E-state index in [1.165, 1.54) is 0 Å². The maximum atomic E-state index is 5.34. The first kappa shape index (κ1) is 6.07. The molecule has 2 heteroatoms. The Kier molecular flexibility index (Phi) is 3.31. The minimum Gasteiger partial charge on any atom is -0.109 e. The molecule has 0 saturated carbocycles. The smallest absolute Gasteiger partial charge is 0.0927 e. The van der Waals surface area contributed by atoms with Crippen LogP contribution in [0.4, 0.5) is 0 Å². The fourth-order valence-electron chi connectivity index (χ4n) is 0.0812. The van der Waals surface area contributed by atoms with Crippen molar-refractivity contribution in [3.63, 3.8) is 0 Å². The van der Waals surface area contributed by atoms with Crippen molar-refractivity contribution in [1.29, 1.82) is 0 Å². The summed E-state index contributed by atoms with van der Waals surface area (Å²) >= 11 is 9.62. The van der Waals surface area contributed by atoms with Crippen molar-refractivity contribution in [1.82, 2.24) is 0 Å². The van der Waals surface area contributed by atoms with Crippen molar-refractivity contribution in [2.24, 2.45) is 0 Å². The van der Waals surface area contributed by atoms with Crippen LogP contribution >= 0.6 is 24.2 Å². The van der Waals surface area contributed by atoms with Crippen molar-refractivity contribution < 1.29 is 0 Å². The Morgan fingerprint density at radius 1 is 1.83 bits per heavy atom. The molecule has 1 atom stereocenters. The van der Waals surface area contributed by atoms with Gasteiger partial charge in [0, 0.05) is 5.25 Å². The third-order valence-corrected chi connectivity index (χ3v) is 0.485. The molecule has 0 aromatic carbocycles. The fraction of sp³-hybridized carbons (Fsp3) is 0.500. The van der Waals surface area contributed by atoms with Crippen LogP contribution in [-0.2, 0) is 0 Å². The van der Waals surface area contributed by atoms with Gasteiger partial charge in [-0.3, -0.25) is 0 Å². The number of hydrogen-bond acceptors (Lipinski definition) is 0. The van der Waals surface area contributed by atoms with Gasteiger partial charge in [-0.15, -0.1) is 11.6 Å². The molecule has 0 aliphatic carbocycles. The van der Waals surface area contributed by atoms with E-state index in [9.17, 15) is 0 Å². The van der Waals surface area contributed by atoms with Gasteiger partial charge in [0.15, 0.2) is 0 Å². The fourth-order valence-corrected chi connectivity index (χ4v) is 0.377. The quantitative estimate of drug-likeness (QED) is 0.337. The third kappa shape index (κ3) is 4.07. The second-order valence-electron chi connectivity index (χ2n) is 0.862. The van der Waals surface area contributed by atoms with Crippen LogP contribution in [0.25, 0.3) is 0 Å². The molecule has 0 aromatic rings. The molecular weight excluding hydrogens is 116 g/mol. The lowest BCUT2D eigenvalue weighted by Crippen LogP contribution is -1.78. The standard InChI is InChI=1S/C4H4ClS/c1-4(5)2-3-6/h4H,1H3. The van der Waals surface area contributed by atoms with Gasteiger partial charge >= 0.3 is 0 Å². The molecule has 0 aliphatic rings. The van der Waals surface area contributed by atoms with Gasteiger partial charge in [-0.25, -0.2) is 0 Å². The molecule has 0 aliphatic heterocycles. The minimum absolute atomic E-state index is 0.0949. The lowest BCUT2D eigenvalue weighted by Gasteiger charge is -1.78. The van der Waals surface area contributed by atoms with E-state index >= 15 is 0 Å². The molecule has 1 unspecified atom stereocenters. The molecule has 0 N–H and O–H groups in total. The molecule has 33 valence electrons. The van der Waals surface area contributed by atoms with E-state index in [0.29, 0.717) is 0 Å². The summed E-state index contributed by atoms with van der Waals surface area (Å²) in [5, 5.41) is 2.17. The minimum atomic E-state index is -0.0949.